The van der Waals surface area contributed by atoms with Gasteiger partial charge in [-0.15, -0.1) is 0 Å². The first-order chi connectivity index (χ1) is 15.8. The van der Waals surface area contributed by atoms with E-state index in [0.29, 0.717) is 24.5 Å². The van der Waals surface area contributed by atoms with Crippen molar-refractivity contribution in [2.45, 2.75) is 32.9 Å². The molecule has 0 unspecified atom stereocenters. The molecule has 0 radical (unpaired) electrons. The molecule has 1 N–H and O–H groups in total. The van der Waals surface area contributed by atoms with Gasteiger partial charge in [0.2, 0.25) is 6.79 Å². The van der Waals surface area contributed by atoms with E-state index >= 15 is 0 Å². The largest absolute Gasteiger partial charge is 0.454 e. The molecule has 8 nitrogen and oxygen atoms in total. The van der Waals surface area contributed by atoms with Crippen molar-refractivity contribution >= 4 is 15.7 Å². The molecule has 0 saturated carbocycles. The Hall–Kier alpha value is -3.33. The van der Waals surface area contributed by atoms with E-state index in [2.05, 4.69) is 10.4 Å². The van der Waals surface area contributed by atoms with Crippen LogP contribution >= 0.6 is 0 Å². The Labute approximate surface area is 192 Å². The van der Waals surface area contributed by atoms with Crippen LogP contribution in [0.5, 0.6) is 11.5 Å². The van der Waals surface area contributed by atoms with E-state index in [0.717, 1.165) is 27.9 Å². The number of sulfone groups is 1. The van der Waals surface area contributed by atoms with Gasteiger partial charge in [0, 0.05) is 12.1 Å². The summed E-state index contributed by atoms with van der Waals surface area (Å²) in [6.45, 7) is 4.56. The van der Waals surface area contributed by atoms with Crippen molar-refractivity contribution < 1.29 is 22.7 Å². The molecule has 1 atom stereocenters. The molecule has 0 spiro atoms. The van der Waals surface area contributed by atoms with E-state index in [4.69, 9.17) is 9.47 Å². The van der Waals surface area contributed by atoms with Crippen LogP contribution in [0.2, 0.25) is 0 Å². The highest BCUT2D eigenvalue weighted by Crippen LogP contribution is 2.33. The zero-order chi connectivity index (χ0) is 23.2. The summed E-state index contributed by atoms with van der Waals surface area (Å²) in [5.74, 6) is 1.19. The van der Waals surface area contributed by atoms with E-state index in [1.54, 1.807) is 10.7 Å². The first-order valence-corrected chi connectivity index (χ1v) is 12.7. The number of carbonyl (C=O) groups excluding carboxylic acids is 1. The van der Waals surface area contributed by atoms with Crippen molar-refractivity contribution in [3.8, 4) is 22.8 Å². The summed E-state index contributed by atoms with van der Waals surface area (Å²) in [6, 6.07) is 13.0. The Morgan fingerprint density at radius 1 is 1.09 bits per heavy atom. The van der Waals surface area contributed by atoms with Crippen molar-refractivity contribution in [1.82, 2.24) is 15.1 Å². The van der Waals surface area contributed by atoms with Crippen LogP contribution in [-0.2, 0) is 16.4 Å². The summed E-state index contributed by atoms with van der Waals surface area (Å²) >= 11 is 0. The zero-order valence-electron chi connectivity index (χ0n) is 18.5. The number of carbonyl (C=O) groups is 1. The number of nitrogens with one attached hydrogen (secondary N) is 1. The van der Waals surface area contributed by atoms with Gasteiger partial charge in [0.25, 0.3) is 5.91 Å². The molecule has 172 valence electrons. The van der Waals surface area contributed by atoms with Gasteiger partial charge in [0.05, 0.1) is 23.2 Å². The van der Waals surface area contributed by atoms with E-state index in [1.807, 2.05) is 50.2 Å². The van der Waals surface area contributed by atoms with Crippen LogP contribution in [0.4, 0.5) is 0 Å². The summed E-state index contributed by atoms with van der Waals surface area (Å²) in [6.07, 6.45) is 0.486. The predicted molar refractivity (Wildman–Crippen MR) is 123 cm³/mol. The molecule has 2 aliphatic heterocycles. The standard InChI is InChI=1S/C24H25N3O5S/c1-15-3-5-18(9-16(15)2)21-11-20(26-27(21)19-7-8-33(29,30)13-19)24(28)25-12-17-4-6-22-23(10-17)32-14-31-22/h3-6,9-11,19H,7-8,12-14H2,1-2H3,(H,25,28)/t19-/m0/s1. The van der Waals surface area contributed by atoms with Gasteiger partial charge in [-0.1, -0.05) is 18.2 Å². The summed E-state index contributed by atoms with van der Waals surface area (Å²) in [5, 5.41) is 7.45. The first-order valence-electron chi connectivity index (χ1n) is 10.8. The first kappa shape index (κ1) is 21.5. The van der Waals surface area contributed by atoms with Gasteiger partial charge in [-0.05, 0) is 61.2 Å². The van der Waals surface area contributed by atoms with Crippen molar-refractivity contribution in [2.24, 2.45) is 0 Å². The smallest absolute Gasteiger partial charge is 0.272 e. The fourth-order valence-electron chi connectivity index (χ4n) is 4.19. The van der Waals surface area contributed by atoms with Crippen LogP contribution in [0.25, 0.3) is 11.3 Å². The summed E-state index contributed by atoms with van der Waals surface area (Å²) in [7, 11) is -3.10. The van der Waals surface area contributed by atoms with E-state index in [9.17, 15) is 13.2 Å². The Balaban J connectivity index is 1.42. The highest BCUT2D eigenvalue weighted by Gasteiger charge is 2.32. The summed E-state index contributed by atoms with van der Waals surface area (Å²) < 4.78 is 36.6. The van der Waals surface area contributed by atoms with Gasteiger partial charge in [0.1, 0.15) is 0 Å². The molecule has 2 aromatic carbocycles. The van der Waals surface area contributed by atoms with Gasteiger partial charge in [-0.3, -0.25) is 9.48 Å². The Morgan fingerprint density at radius 3 is 2.67 bits per heavy atom. The number of aryl methyl sites for hydroxylation is 2. The molecule has 33 heavy (non-hydrogen) atoms. The zero-order valence-corrected chi connectivity index (χ0v) is 19.3. The average molecular weight is 468 g/mol. The second kappa shape index (κ2) is 8.22. The number of aromatic nitrogens is 2. The molecule has 3 aromatic rings. The molecule has 9 heteroatoms. The monoisotopic (exact) mass is 467 g/mol. The Morgan fingerprint density at radius 2 is 1.91 bits per heavy atom. The number of fused-ring (bicyclic) bond motifs is 1. The van der Waals surface area contributed by atoms with E-state index in [-0.39, 0.29) is 35.9 Å². The average Bonchev–Trinajstić information content (AvgIpc) is 3.51. The van der Waals surface area contributed by atoms with Gasteiger partial charge >= 0.3 is 0 Å². The minimum Gasteiger partial charge on any atom is -0.454 e. The fourth-order valence-corrected chi connectivity index (χ4v) is 5.88. The van der Waals surface area contributed by atoms with Gasteiger partial charge in [-0.25, -0.2) is 8.42 Å². The third kappa shape index (κ3) is 4.32. The SMILES string of the molecule is Cc1ccc(-c2cc(C(=O)NCc3ccc4c(c3)OCO4)nn2[C@H]2CCS(=O)(=O)C2)cc1C. The molecule has 0 aliphatic carbocycles. The molecule has 0 bridgehead atoms. The van der Waals surface area contributed by atoms with Gasteiger partial charge in [0.15, 0.2) is 27.0 Å². The van der Waals surface area contributed by atoms with Crippen LogP contribution in [-0.4, -0.2) is 42.4 Å². The fraction of sp³-hybridized carbons (Fsp3) is 0.333. The van der Waals surface area contributed by atoms with Crippen molar-refractivity contribution in [2.75, 3.05) is 18.3 Å². The van der Waals surface area contributed by atoms with Crippen LogP contribution in [0.1, 0.15) is 39.6 Å². The van der Waals surface area contributed by atoms with Crippen molar-refractivity contribution in [1.29, 1.82) is 0 Å². The lowest BCUT2D eigenvalue weighted by Gasteiger charge is -2.14. The van der Waals surface area contributed by atoms with Crippen LogP contribution in [0, 0.1) is 13.8 Å². The molecule has 1 amide bonds. The predicted octanol–water partition coefficient (Wildman–Crippen LogP) is 3.19. The number of amides is 1. The lowest BCUT2D eigenvalue weighted by molar-refractivity contribution is 0.0944. The van der Waals surface area contributed by atoms with Crippen LogP contribution < -0.4 is 14.8 Å². The number of rotatable bonds is 5. The number of ether oxygens (including phenoxy) is 2. The van der Waals surface area contributed by atoms with Gasteiger partial charge < -0.3 is 14.8 Å². The minimum absolute atomic E-state index is 0.0325. The third-order valence-corrected chi connectivity index (χ3v) is 7.97. The molecule has 1 aromatic heterocycles. The molecule has 1 saturated heterocycles. The highest BCUT2D eigenvalue weighted by atomic mass is 32.2. The lowest BCUT2D eigenvalue weighted by atomic mass is 10.0. The maximum Gasteiger partial charge on any atom is 0.272 e. The van der Waals surface area contributed by atoms with E-state index < -0.39 is 9.84 Å². The third-order valence-electron chi connectivity index (χ3n) is 6.22. The van der Waals surface area contributed by atoms with Crippen molar-refractivity contribution in [3.05, 3.63) is 64.8 Å². The molecular formula is C24H25N3O5S. The van der Waals surface area contributed by atoms with Crippen LogP contribution in [0.3, 0.4) is 0 Å². The highest BCUT2D eigenvalue weighted by molar-refractivity contribution is 7.91. The summed E-state index contributed by atoms with van der Waals surface area (Å²) in [5.41, 5.74) is 5.07. The number of hydrogen-bond acceptors (Lipinski definition) is 6. The maximum atomic E-state index is 13.0. The number of hydrogen-bond donors (Lipinski definition) is 1. The number of nitrogens with zero attached hydrogens (tertiary/aromatic N) is 2. The quantitative estimate of drug-likeness (QED) is 0.619. The second-order valence-electron chi connectivity index (χ2n) is 8.59. The number of benzene rings is 2. The van der Waals surface area contributed by atoms with Crippen LogP contribution in [0.15, 0.2) is 42.5 Å². The molecule has 3 heterocycles. The minimum atomic E-state index is -3.10. The lowest BCUT2D eigenvalue weighted by Crippen LogP contribution is -2.24. The molecule has 5 rings (SSSR count). The molecular weight excluding hydrogens is 442 g/mol. The molecule has 1 fully saturated rings. The summed E-state index contributed by atoms with van der Waals surface area (Å²) in [4.78, 5) is 13.0. The van der Waals surface area contributed by atoms with Crippen molar-refractivity contribution in [3.63, 3.8) is 0 Å². The second-order valence-corrected chi connectivity index (χ2v) is 10.8. The normalized spacial score (nSPS) is 18.4. The topological polar surface area (TPSA) is 99.5 Å². The Kier molecular flexibility index (Phi) is 5.36. The molecule has 2 aliphatic rings. The maximum absolute atomic E-state index is 13.0. The Bertz CT molecular complexity index is 1350. The van der Waals surface area contributed by atoms with E-state index in [1.165, 1.54) is 0 Å². The van der Waals surface area contributed by atoms with Gasteiger partial charge in [-0.2, -0.15) is 5.10 Å².